The van der Waals surface area contributed by atoms with E-state index in [1.54, 1.807) is 12.5 Å². The van der Waals surface area contributed by atoms with Crippen molar-refractivity contribution in [2.45, 2.75) is 45.3 Å². The third kappa shape index (κ3) is 1.95. The van der Waals surface area contributed by atoms with Gasteiger partial charge < -0.3 is 4.42 Å². The van der Waals surface area contributed by atoms with E-state index < -0.39 is 0 Å². The summed E-state index contributed by atoms with van der Waals surface area (Å²) in [7, 11) is 0. The quantitative estimate of drug-likeness (QED) is 0.808. The molecule has 0 aromatic carbocycles. The van der Waals surface area contributed by atoms with Gasteiger partial charge in [-0.05, 0) is 31.2 Å². The van der Waals surface area contributed by atoms with Crippen LogP contribution in [0.15, 0.2) is 16.9 Å². The lowest BCUT2D eigenvalue weighted by Crippen LogP contribution is -2.41. The highest BCUT2D eigenvalue weighted by atomic mass is 32.1. The van der Waals surface area contributed by atoms with Gasteiger partial charge in [-0.2, -0.15) is 12.6 Å². The summed E-state index contributed by atoms with van der Waals surface area (Å²) in [6.45, 7) is 6.22. The first-order valence-electron chi connectivity index (χ1n) is 6.22. The molecule has 2 rings (SSSR count). The number of ketones is 1. The third-order valence-corrected chi connectivity index (χ3v) is 5.24. The lowest BCUT2D eigenvalue weighted by atomic mass is 9.64. The van der Waals surface area contributed by atoms with Crippen LogP contribution in [0, 0.1) is 18.3 Å². The Labute approximate surface area is 108 Å². The zero-order valence-electron chi connectivity index (χ0n) is 10.7. The number of carbonyl (C=O) groups excluding carboxylic acids is 1. The molecule has 1 unspecified atom stereocenters. The molecule has 0 spiro atoms. The minimum Gasteiger partial charge on any atom is -0.472 e. The van der Waals surface area contributed by atoms with Gasteiger partial charge in [-0.25, -0.2) is 0 Å². The number of furan rings is 1. The van der Waals surface area contributed by atoms with Crippen LogP contribution in [0.25, 0.3) is 0 Å². The number of Topliss-reactive ketones (excluding diaryl/α,β-unsaturated/α-hetero) is 1. The van der Waals surface area contributed by atoms with E-state index in [9.17, 15) is 4.79 Å². The summed E-state index contributed by atoms with van der Waals surface area (Å²) in [5, 5.41) is -0.0657. The summed E-state index contributed by atoms with van der Waals surface area (Å²) in [6.07, 6.45) is 6.26. The van der Waals surface area contributed by atoms with Gasteiger partial charge in [-0.1, -0.05) is 13.8 Å². The summed E-state index contributed by atoms with van der Waals surface area (Å²) in [4.78, 5) is 12.3. The van der Waals surface area contributed by atoms with Crippen LogP contribution in [0.4, 0.5) is 0 Å². The van der Waals surface area contributed by atoms with Crippen LogP contribution in [0.1, 0.15) is 49.5 Å². The van der Waals surface area contributed by atoms with Crippen LogP contribution in [-0.4, -0.2) is 5.78 Å². The fraction of sp³-hybridized carbons (Fsp3) is 0.643. The van der Waals surface area contributed by atoms with E-state index in [0.717, 1.165) is 24.0 Å². The Kier molecular flexibility index (Phi) is 3.39. The van der Waals surface area contributed by atoms with E-state index in [-0.39, 0.29) is 10.7 Å². The molecule has 3 heteroatoms. The Hall–Kier alpha value is -0.700. The van der Waals surface area contributed by atoms with Gasteiger partial charge in [-0.15, -0.1) is 0 Å². The van der Waals surface area contributed by atoms with E-state index in [2.05, 4.69) is 13.8 Å². The normalized spacial score (nSPS) is 31.5. The molecule has 0 N–H and O–H groups in total. The molecule has 0 amide bonds. The minimum absolute atomic E-state index is 0.0657. The maximum atomic E-state index is 12.3. The number of rotatable bonds is 2. The van der Waals surface area contributed by atoms with E-state index in [1.807, 2.05) is 6.92 Å². The lowest BCUT2D eigenvalue weighted by Gasteiger charge is -2.42. The summed E-state index contributed by atoms with van der Waals surface area (Å²) in [6, 6.07) is 0. The van der Waals surface area contributed by atoms with Gasteiger partial charge in [0.15, 0.2) is 0 Å². The first kappa shape index (κ1) is 12.7. The fourth-order valence-corrected chi connectivity index (χ4v) is 3.47. The molecule has 0 saturated heterocycles. The smallest absolute Gasteiger partial charge is 0.140 e. The second kappa shape index (κ2) is 4.52. The maximum Gasteiger partial charge on any atom is 0.140 e. The molecule has 1 fully saturated rings. The van der Waals surface area contributed by atoms with Crippen LogP contribution in [-0.2, 0) is 4.79 Å². The van der Waals surface area contributed by atoms with Crippen molar-refractivity contribution in [2.75, 3.05) is 0 Å². The summed E-state index contributed by atoms with van der Waals surface area (Å²) >= 11 is 4.72. The van der Waals surface area contributed by atoms with Crippen molar-refractivity contribution in [3.05, 3.63) is 23.7 Å². The van der Waals surface area contributed by atoms with E-state index in [0.29, 0.717) is 18.1 Å². The highest BCUT2D eigenvalue weighted by molar-refractivity contribution is 7.80. The standard InChI is InChI=1S/C14H20O2S/c1-9-7-16-8-11(9)13(17)14(3)10(2)5-4-6-12(14)15/h7-8,10,13,17H,4-6H2,1-3H3/t10-,13?,14+/m0/s1. The number of thiol groups is 1. The van der Waals surface area contributed by atoms with Crippen molar-refractivity contribution >= 4 is 18.4 Å². The van der Waals surface area contributed by atoms with Crippen LogP contribution in [0.5, 0.6) is 0 Å². The van der Waals surface area contributed by atoms with Gasteiger partial charge in [-0.3, -0.25) is 4.79 Å². The monoisotopic (exact) mass is 252 g/mol. The molecular weight excluding hydrogens is 232 g/mol. The third-order valence-electron chi connectivity index (χ3n) is 4.42. The van der Waals surface area contributed by atoms with Gasteiger partial charge in [0.2, 0.25) is 0 Å². The molecule has 1 aromatic rings. The van der Waals surface area contributed by atoms with Crippen LogP contribution in [0.3, 0.4) is 0 Å². The molecule has 1 aliphatic rings. The summed E-state index contributed by atoms with van der Waals surface area (Å²) in [5.74, 6) is 0.720. The van der Waals surface area contributed by atoms with E-state index in [4.69, 9.17) is 17.0 Å². The maximum absolute atomic E-state index is 12.3. The molecule has 1 aliphatic carbocycles. The van der Waals surface area contributed by atoms with E-state index >= 15 is 0 Å². The van der Waals surface area contributed by atoms with Crippen molar-refractivity contribution in [1.29, 1.82) is 0 Å². The average Bonchev–Trinajstić information content (AvgIpc) is 2.71. The molecule has 1 aromatic heterocycles. The van der Waals surface area contributed by atoms with Crippen LogP contribution >= 0.6 is 12.6 Å². The second-order valence-electron chi connectivity index (χ2n) is 5.41. The Morgan fingerprint density at radius 2 is 2.24 bits per heavy atom. The minimum atomic E-state index is -0.365. The molecule has 17 heavy (non-hydrogen) atoms. The SMILES string of the molecule is Cc1cocc1C(S)[C@@]1(C)C(=O)CCC[C@@H]1C. The Morgan fingerprint density at radius 3 is 2.76 bits per heavy atom. The van der Waals surface area contributed by atoms with Gasteiger partial charge in [0, 0.05) is 22.6 Å². The van der Waals surface area contributed by atoms with Crippen molar-refractivity contribution in [3.63, 3.8) is 0 Å². The zero-order valence-corrected chi connectivity index (χ0v) is 11.6. The number of hydrogen-bond donors (Lipinski definition) is 1. The van der Waals surface area contributed by atoms with Gasteiger partial charge in [0.1, 0.15) is 5.78 Å². The topological polar surface area (TPSA) is 30.2 Å². The van der Waals surface area contributed by atoms with Crippen molar-refractivity contribution in [3.8, 4) is 0 Å². The molecule has 0 bridgehead atoms. The molecule has 2 nitrogen and oxygen atoms in total. The average molecular weight is 252 g/mol. The Bertz CT molecular complexity index is 424. The van der Waals surface area contributed by atoms with Gasteiger partial charge >= 0.3 is 0 Å². The molecule has 1 saturated carbocycles. The molecule has 0 radical (unpaired) electrons. The van der Waals surface area contributed by atoms with Crippen molar-refractivity contribution in [2.24, 2.45) is 11.3 Å². The van der Waals surface area contributed by atoms with E-state index in [1.165, 1.54) is 0 Å². The second-order valence-corrected chi connectivity index (χ2v) is 5.93. The summed E-state index contributed by atoms with van der Waals surface area (Å²) in [5.41, 5.74) is 1.77. The predicted molar refractivity (Wildman–Crippen MR) is 71.3 cm³/mol. The predicted octanol–water partition coefficient (Wildman–Crippen LogP) is 3.95. The lowest BCUT2D eigenvalue weighted by molar-refractivity contribution is -0.133. The summed E-state index contributed by atoms with van der Waals surface area (Å²) < 4.78 is 5.21. The fourth-order valence-electron chi connectivity index (χ4n) is 2.81. The Balaban J connectivity index is 2.37. The Morgan fingerprint density at radius 1 is 1.53 bits per heavy atom. The van der Waals surface area contributed by atoms with Crippen molar-refractivity contribution < 1.29 is 9.21 Å². The molecule has 1 heterocycles. The van der Waals surface area contributed by atoms with Crippen molar-refractivity contribution in [1.82, 2.24) is 0 Å². The van der Waals surface area contributed by atoms with Gasteiger partial charge in [0.05, 0.1) is 12.5 Å². The number of carbonyl (C=O) groups is 1. The molecular formula is C14H20O2S. The largest absolute Gasteiger partial charge is 0.472 e. The van der Waals surface area contributed by atoms with Crippen LogP contribution < -0.4 is 0 Å². The highest BCUT2D eigenvalue weighted by Crippen LogP contribution is 2.50. The zero-order chi connectivity index (χ0) is 12.6. The van der Waals surface area contributed by atoms with Crippen LogP contribution in [0.2, 0.25) is 0 Å². The molecule has 3 atom stereocenters. The first-order valence-corrected chi connectivity index (χ1v) is 6.73. The molecule has 0 aliphatic heterocycles. The van der Waals surface area contributed by atoms with Gasteiger partial charge in [0.25, 0.3) is 0 Å². The highest BCUT2D eigenvalue weighted by Gasteiger charge is 2.46. The first-order chi connectivity index (χ1) is 7.98. The number of aryl methyl sites for hydroxylation is 1. The number of hydrogen-bond acceptors (Lipinski definition) is 3. The molecule has 94 valence electrons.